The van der Waals surface area contributed by atoms with Gasteiger partial charge >= 0.3 is 10.2 Å². The van der Waals surface area contributed by atoms with Gasteiger partial charge in [-0.1, -0.05) is 6.07 Å². The number of nitrogens with zero attached hydrogens (tertiary/aromatic N) is 4. The number of hydrogen-bond acceptors (Lipinski definition) is 9. The Bertz CT molecular complexity index is 2350. The van der Waals surface area contributed by atoms with E-state index in [0.717, 1.165) is 47.2 Å². The van der Waals surface area contributed by atoms with Gasteiger partial charge in [-0.15, -0.1) is 11.3 Å². The molecule has 242 valence electrons. The van der Waals surface area contributed by atoms with Crippen molar-refractivity contribution >= 4 is 48.2 Å². The first-order valence-corrected chi connectivity index (χ1v) is 19.4. The molecule has 0 atom stereocenters. The van der Waals surface area contributed by atoms with Gasteiger partial charge in [-0.25, -0.2) is 41.3 Å². The van der Waals surface area contributed by atoms with Crippen LogP contribution in [0.1, 0.15) is 37.1 Å². The summed E-state index contributed by atoms with van der Waals surface area (Å²) in [6.45, 7) is 0. The van der Waals surface area contributed by atoms with E-state index in [1.54, 1.807) is 24.4 Å². The molecule has 3 aromatic heterocycles. The molecule has 15 heteroatoms. The fraction of sp³-hybridized carbons (Fsp3) is 0.344. The van der Waals surface area contributed by atoms with Crippen LogP contribution in [0.5, 0.6) is 0 Å². The summed E-state index contributed by atoms with van der Waals surface area (Å²) in [6.07, 6.45) is 6.24. The Morgan fingerprint density at radius 1 is 0.979 bits per heavy atom. The molecule has 0 radical (unpaired) electrons. The Labute approximate surface area is 273 Å². The summed E-state index contributed by atoms with van der Waals surface area (Å²) in [6, 6.07) is 11.7. The Hall–Kier alpha value is -3.79. The normalized spacial score (nSPS) is 23.9. The first-order chi connectivity index (χ1) is 22.3. The summed E-state index contributed by atoms with van der Waals surface area (Å²) < 4.78 is 80.6. The molecule has 1 aliphatic heterocycles. The highest BCUT2D eigenvalue weighted by Crippen LogP contribution is 2.66. The van der Waals surface area contributed by atoms with Crippen molar-refractivity contribution in [2.24, 2.45) is 16.5 Å². The summed E-state index contributed by atoms with van der Waals surface area (Å²) in [5.74, 6) is 0.208. The van der Waals surface area contributed by atoms with Gasteiger partial charge in [0, 0.05) is 39.6 Å². The summed E-state index contributed by atoms with van der Waals surface area (Å²) >= 11 is 1.49. The molecule has 4 heterocycles. The molecule has 0 unspecified atom stereocenters. The maximum Gasteiger partial charge on any atom is 0.303 e. The molecule has 2 aromatic carbocycles. The first-order valence-electron chi connectivity index (χ1n) is 15.3. The fourth-order valence-corrected chi connectivity index (χ4v) is 12.5. The lowest BCUT2D eigenvalue weighted by Gasteiger charge is -2.60. The number of nitrogens with two attached hydrogens (primary N) is 1. The van der Waals surface area contributed by atoms with Gasteiger partial charge in [-0.05, 0) is 80.5 Å². The molecule has 3 N–H and O–H groups in total. The topological polar surface area (TPSA) is 150 Å². The number of halogens is 2. The molecule has 10 nitrogen and oxygen atoms in total. The number of rotatable bonds is 7. The smallest absolute Gasteiger partial charge is 0.303 e. The Morgan fingerprint density at radius 3 is 2.40 bits per heavy atom. The van der Waals surface area contributed by atoms with Gasteiger partial charge in [0.1, 0.15) is 16.6 Å². The Morgan fingerprint density at radius 2 is 1.72 bits per heavy atom. The van der Waals surface area contributed by atoms with Crippen LogP contribution in [0.3, 0.4) is 0 Å². The van der Waals surface area contributed by atoms with E-state index in [1.807, 2.05) is 0 Å². The van der Waals surface area contributed by atoms with Gasteiger partial charge in [-0.2, -0.15) is 8.42 Å². The first kappa shape index (κ1) is 29.4. The highest BCUT2D eigenvalue weighted by molar-refractivity contribution is 7.92. The quantitative estimate of drug-likeness (QED) is 0.234. The van der Waals surface area contributed by atoms with Crippen molar-refractivity contribution in [3.05, 3.63) is 71.4 Å². The standard InChI is InChI=1S/C32H28F2N6O4S3/c33-19-5-4-18-8-25(40(24(18)9-19)47(35,43)44)21-2-1-3-22(26(21)34)27-28(45-29(39-27)32-10-17(11-32)12-32)23-6-7-36-30(38-23)37-20-13-31(14-20)15-46(41,42)16-31/h1-9,17,20H,10-16H2,(H2,35,43,44)(H,36,37,38). The highest BCUT2D eigenvalue weighted by Gasteiger charge is 2.59. The number of fused-ring (bicyclic) bond motifs is 1. The van der Waals surface area contributed by atoms with Crippen molar-refractivity contribution in [1.82, 2.24) is 18.9 Å². The van der Waals surface area contributed by atoms with E-state index in [-0.39, 0.29) is 50.7 Å². The molecule has 2 bridgehead atoms. The maximum absolute atomic E-state index is 16.8. The molecule has 4 aliphatic carbocycles. The minimum absolute atomic E-state index is 0.00453. The van der Waals surface area contributed by atoms with E-state index in [9.17, 15) is 21.2 Å². The number of aromatic nitrogens is 4. The van der Waals surface area contributed by atoms with Crippen LogP contribution in [0.4, 0.5) is 14.7 Å². The lowest BCUT2D eigenvalue weighted by atomic mass is 9.45. The molecule has 10 rings (SSSR count). The molecule has 5 aromatic rings. The monoisotopic (exact) mass is 694 g/mol. The maximum atomic E-state index is 16.8. The zero-order valence-electron chi connectivity index (χ0n) is 24.8. The predicted molar refractivity (Wildman–Crippen MR) is 175 cm³/mol. The van der Waals surface area contributed by atoms with E-state index in [0.29, 0.717) is 33.5 Å². The minimum atomic E-state index is -4.44. The average Bonchev–Trinajstić information content (AvgIpc) is 3.51. The second-order valence-electron chi connectivity index (χ2n) is 13.7. The van der Waals surface area contributed by atoms with Crippen LogP contribution in [-0.4, -0.2) is 53.3 Å². The summed E-state index contributed by atoms with van der Waals surface area (Å²) in [7, 11) is -7.35. The van der Waals surface area contributed by atoms with Gasteiger partial charge in [0.05, 0.1) is 39.0 Å². The van der Waals surface area contributed by atoms with Crippen molar-refractivity contribution in [3.8, 4) is 33.1 Å². The third-order valence-corrected chi connectivity index (χ3v) is 14.6. The second-order valence-corrected chi connectivity index (χ2v) is 18.2. The molecule has 47 heavy (non-hydrogen) atoms. The van der Waals surface area contributed by atoms with Crippen LogP contribution in [0.2, 0.25) is 0 Å². The average molecular weight is 695 g/mol. The summed E-state index contributed by atoms with van der Waals surface area (Å²) in [4.78, 5) is 14.9. The van der Waals surface area contributed by atoms with Crippen LogP contribution < -0.4 is 10.5 Å². The van der Waals surface area contributed by atoms with Crippen LogP contribution in [-0.2, 0) is 25.5 Å². The molecule has 5 aliphatic rings. The van der Waals surface area contributed by atoms with Crippen molar-refractivity contribution in [2.75, 3.05) is 16.8 Å². The minimum Gasteiger partial charge on any atom is -0.351 e. The zero-order valence-corrected chi connectivity index (χ0v) is 27.2. The van der Waals surface area contributed by atoms with Gasteiger partial charge in [0.15, 0.2) is 9.84 Å². The van der Waals surface area contributed by atoms with E-state index >= 15 is 4.39 Å². The number of sulfone groups is 1. The molecule has 1 spiro atoms. The third-order valence-electron chi connectivity index (χ3n) is 10.3. The van der Waals surface area contributed by atoms with Gasteiger partial charge in [0.25, 0.3) is 0 Å². The molecular formula is C32H28F2N6O4S3. The van der Waals surface area contributed by atoms with E-state index in [1.165, 1.54) is 35.6 Å². The lowest BCUT2D eigenvalue weighted by molar-refractivity contribution is -0.0274. The molecule has 0 amide bonds. The van der Waals surface area contributed by atoms with Crippen molar-refractivity contribution in [1.29, 1.82) is 0 Å². The van der Waals surface area contributed by atoms with Crippen LogP contribution in [0, 0.1) is 23.0 Å². The molecule has 4 saturated carbocycles. The number of thiazole rings is 1. The number of anilines is 1. The SMILES string of the molecule is NS(=O)(=O)n1c(-c2cccc(-c3nc(C45CC(C4)C5)sc3-c3ccnc(NC4CC5(C4)CS(=O)(=O)C5)n3)c2F)cc2ccc(F)cc21. The number of hydrogen-bond donors (Lipinski definition) is 2. The third kappa shape index (κ3) is 4.57. The van der Waals surface area contributed by atoms with Crippen molar-refractivity contribution in [2.45, 2.75) is 43.6 Å². The summed E-state index contributed by atoms with van der Waals surface area (Å²) in [5, 5.41) is 10.2. The van der Waals surface area contributed by atoms with Crippen LogP contribution >= 0.6 is 11.3 Å². The molecular weight excluding hydrogens is 667 g/mol. The van der Waals surface area contributed by atoms with Crippen molar-refractivity contribution in [3.63, 3.8) is 0 Å². The molecule has 5 fully saturated rings. The predicted octanol–water partition coefficient (Wildman–Crippen LogP) is 5.26. The van der Waals surface area contributed by atoms with E-state index in [2.05, 4.69) is 10.3 Å². The van der Waals surface area contributed by atoms with Gasteiger partial charge in [-0.3, -0.25) is 0 Å². The van der Waals surface area contributed by atoms with E-state index < -0.39 is 31.7 Å². The van der Waals surface area contributed by atoms with Crippen LogP contribution in [0.15, 0.2) is 54.7 Å². The largest absolute Gasteiger partial charge is 0.351 e. The second kappa shape index (κ2) is 9.65. The van der Waals surface area contributed by atoms with Crippen molar-refractivity contribution < 1.29 is 25.6 Å². The van der Waals surface area contributed by atoms with Gasteiger partial charge < -0.3 is 5.32 Å². The van der Waals surface area contributed by atoms with Gasteiger partial charge in [0.2, 0.25) is 5.95 Å². The summed E-state index contributed by atoms with van der Waals surface area (Å²) in [5.41, 5.74) is 0.919. The van der Waals surface area contributed by atoms with E-state index in [4.69, 9.17) is 15.1 Å². The Balaban J connectivity index is 1.12. The fourth-order valence-electron chi connectivity index (χ4n) is 8.12. The highest BCUT2D eigenvalue weighted by atomic mass is 32.2. The lowest BCUT2D eigenvalue weighted by Crippen LogP contribution is -2.60. The zero-order chi connectivity index (χ0) is 32.5. The van der Waals surface area contributed by atoms with Crippen LogP contribution in [0.25, 0.3) is 44.0 Å². The number of nitrogens with one attached hydrogen (secondary N) is 1. The Kier molecular flexibility index (Phi) is 6.02. The number of benzene rings is 2. The molecule has 1 saturated heterocycles.